The second kappa shape index (κ2) is 11.6. The summed E-state index contributed by atoms with van der Waals surface area (Å²) in [5.74, 6) is 0. The molecular formula is C49H43N3. The van der Waals surface area contributed by atoms with Gasteiger partial charge in [0, 0.05) is 27.3 Å². The molecule has 0 radical (unpaired) electrons. The topological polar surface area (TPSA) is 50.8 Å². The van der Waals surface area contributed by atoms with Gasteiger partial charge in [0.1, 0.15) is 12.1 Å². The smallest absolute Gasteiger partial charge is 0.103 e. The van der Waals surface area contributed by atoms with Gasteiger partial charge < -0.3 is 4.90 Å². The molecule has 0 fully saturated rings. The van der Waals surface area contributed by atoms with Gasteiger partial charge in [0.15, 0.2) is 0 Å². The largest absolute Gasteiger partial charge is 0.308 e. The summed E-state index contributed by atoms with van der Waals surface area (Å²) in [6.45, 7) is 16.1. The van der Waals surface area contributed by atoms with Crippen molar-refractivity contribution < 1.29 is 0 Å². The maximum atomic E-state index is 11.3. The highest BCUT2D eigenvalue weighted by Gasteiger charge is 2.66. The van der Waals surface area contributed by atoms with Gasteiger partial charge in [-0.3, -0.25) is 0 Å². The van der Waals surface area contributed by atoms with E-state index in [-0.39, 0.29) is 5.41 Å². The summed E-state index contributed by atoms with van der Waals surface area (Å²) in [5.41, 5.74) is 12.1. The van der Waals surface area contributed by atoms with E-state index >= 15 is 0 Å². The van der Waals surface area contributed by atoms with Crippen molar-refractivity contribution in [3.8, 4) is 23.3 Å². The van der Waals surface area contributed by atoms with Crippen molar-refractivity contribution >= 4 is 17.1 Å². The number of benzene rings is 6. The fourth-order valence-electron chi connectivity index (χ4n) is 10.8. The third kappa shape index (κ3) is 4.11. The first-order chi connectivity index (χ1) is 25.0. The molecular weight excluding hydrogens is 631 g/mol. The van der Waals surface area contributed by atoms with Gasteiger partial charge in [0.2, 0.25) is 0 Å². The molecule has 0 bridgehead atoms. The van der Waals surface area contributed by atoms with Crippen LogP contribution in [0.3, 0.4) is 0 Å². The first-order valence-electron chi connectivity index (χ1n) is 18.2. The van der Waals surface area contributed by atoms with Crippen molar-refractivity contribution in [2.45, 2.75) is 70.1 Å². The summed E-state index contributed by atoms with van der Waals surface area (Å²) >= 11 is 0. The minimum absolute atomic E-state index is 0.319. The number of para-hydroxylation sites is 1. The molecule has 0 N–H and O–H groups in total. The van der Waals surface area contributed by atoms with Crippen LogP contribution in [0.1, 0.15) is 91.6 Å². The van der Waals surface area contributed by atoms with Gasteiger partial charge >= 0.3 is 0 Å². The minimum Gasteiger partial charge on any atom is -0.308 e. The van der Waals surface area contributed by atoms with E-state index in [9.17, 15) is 10.5 Å². The molecule has 0 heterocycles. The highest BCUT2D eigenvalue weighted by atomic mass is 15.2. The second-order valence-electron chi connectivity index (χ2n) is 16.0. The Balaban J connectivity index is 1.57. The molecule has 0 spiro atoms. The van der Waals surface area contributed by atoms with E-state index in [1.54, 1.807) is 0 Å². The highest BCUT2D eigenvalue weighted by molar-refractivity contribution is 5.94. The molecule has 3 heteroatoms. The first kappa shape index (κ1) is 33.3. The van der Waals surface area contributed by atoms with Crippen LogP contribution in [-0.4, -0.2) is 0 Å². The Morgan fingerprint density at radius 3 is 1.58 bits per heavy atom. The lowest BCUT2D eigenvalue weighted by atomic mass is 9.50. The standard InChI is InChI=1S/C49H43N3/c1-32-38(30-50)39(31-51)45(44-42(32)47(4,5)49(48(44,6)7,33-20-11-8-12-21-33)34-22-13-9-14-23-34)52(35-24-15-10-16-25-35)41-29-19-27-37-36-26-17-18-28-40(36)46(2,3)43(37)41/h8-29H,1-7H3. The Kier molecular flexibility index (Phi) is 7.39. The summed E-state index contributed by atoms with van der Waals surface area (Å²) in [6.07, 6.45) is 0. The van der Waals surface area contributed by atoms with Crippen molar-refractivity contribution in [3.05, 3.63) is 184 Å². The third-order valence-electron chi connectivity index (χ3n) is 12.5. The molecule has 6 aromatic rings. The quantitative estimate of drug-likeness (QED) is 0.183. The summed E-state index contributed by atoms with van der Waals surface area (Å²) in [4.78, 5) is 2.31. The maximum absolute atomic E-state index is 11.3. The van der Waals surface area contributed by atoms with Crippen LogP contribution >= 0.6 is 0 Å². The number of hydrogen-bond donors (Lipinski definition) is 0. The Hall–Kier alpha value is -5.90. The number of nitriles is 2. The molecule has 3 nitrogen and oxygen atoms in total. The van der Waals surface area contributed by atoms with E-state index in [0.29, 0.717) is 11.1 Å². The lowest BCUT2D eigenvalue weighted by Crippen LogP contribution is -2.52. The lowest BCUT2D eigenvalue weighted by Gasteiger charge is -2.51. The molecule has 8 rings (SSSR count). The highest BCUT2D eigenvalue weighted by Crippen LogP contribution is 2.69. The maximum Gasteiger partial charge on any atom is 0.103 e. The van der Waals surface area contributed by atoms with Crippen LogP contribution in [0.15, 0.2) is 133 Å². The summed E-state index contributed by atoms with van der Waals surface area (Å²) in [5, 5.41) is 22.3. The van der Waals surface area contributed by atoms with Gasteiger partial charge in [-0.2, -0.15) is 10.5 Å². The third-order valence-corrected chi connectivity index (χ3v) is 12.5. The fourth-order valence-corrected chi connectivity index (χ4v) is 10.8. The molecule has 0 aromatic heterocycles. The van der Waals surface area contributed by atoms with Gasteiger partial charge in [-0.05, 0) is 75.2 Å². The normalized spacial score (nSPS) is 16.6. The molecule has 2 aliphatic carbocycles. The average molecular weight is 674 g/mol. The van der Waals surface area contributed by atoms with Gasteiger partial charge in [0.05, 0.1) is 22.5 Å². The van der Waals surface area contributed by atoms with Crippen molar-refractivity contribution in [2.24, 2.45) is 0 Å². The Morgan fingerprint density at radius 1 is 0.500 bits per heavy atom. The second-order valence-corrected chi connectivity index (χ2v) is 16.0. The van der Waals surface area contributed by atoms with Gasteiger partial charge in [-0.1, -0.05) is 157 Å². The van der Waals surface area contributed by atoms with Crippen molar-refractivity contribution in [1.29, 1.82) is 10.5 Å². The predicted octanol–water partition coefficient (Wildman–Crippen LogP) is 12.1. The van der Waals surface area contributed by atoms with Crippen molar-refractivity contribution in [2.75, 3.05) is 4.90 Å². The summed E-state index contributed by atoms with van der Waals surface area (Å²) in [7, 11) is 0. The van der Waals surface area contributed by atoms with Crippen LogP contribution in [0.4, 0.5) is 17.1 Å². The van der Waals surface area contributed by atoms with Crippen LogP contribution in [0.2, 0.25) is 0 Å². The van der Waals surface area contributed by atoms with E-state index in [4.69, 9.17) is 0 Å². The Labute approximate surface area is 308 Å². The molecule has 0 saturated heterocycles. The monoisotopic (exact) mass is 673 g/mol. The van der Waals surface area contributed by atoms with Gasteiger partial charge in [-0.15, -0.1) is 0 Å². The van der Waals surface area contributed by atoms with E-state index < -0.39 is 16.2 Å². The number of fused-ring (bicyclic) bond motifs is 4. The van der Waals surface area contributed by atoms with E-state index in [1.807, 2.05) is 6.07 Å². The number of anilines is 3. The zero-order chi connectivity index (χ0) is 36.6. The molecule has 0 unspecified atom stereocenters. The molecule has 0 saturated carbocycles. The Morgan fingerprint density at radius 2 is 1.00 bits per heavy atom. The molecule has 6 aromatic carbocycles. The molecule has 2 aliphatic rings. The molecule has 0 atom stereocenters. The number of nitrogens with zero attached hydrogens (tertiary/aromatic N) is 3. The van der Waals surface area contributed by atoms with Crippen LogP contribution in [0.5, 0.6) is 0 Å². The fraction of sp³-hybridized carbons (Fsp3) is 0.224. The van der Waals surface area contributed by atoms with E-state index in [0.717, 1.165) is 33.8 Å². The zero-order valence-electron chi connectivity index (χ0n) is 31.0. The van der Waals surface area contributed by atoms with Crippen molar-refractivity contribution in [1.82, 2.24) is 0 Å². The number of rotatable bonds is 5. The molecule has 52 heavy (non-hydrogen) atoms. The van der Waals surface area contributed by atoms with Gasteiger partial charge in [-0.25, -0.2) is 0 Å². The first-order valence-corrected chi connectivity index (χ1v) is 18.2. The summed E-state index contributed by atoms with van der Waals surface area (Å²) < 4.78 is 0. The zero-order valence-corrected chi connectivity index (χ0v) is 31.0. The van der Waals surface area contributed by atoms with Crippen LogP contribution < -0.4 is 4.90 Å². The SMILES string of the molecule is Cc1c(C#N)c(C#N)c(N(c2ccccc2)c2cccc3c2C(C)(C)c2ccccc2-3)c2c1C(C)(C)C(c1ccccc1)(c1ccccc1)C2(C)C. The van der Waals surface area contributed by atoms with Crippen molar-refractivity contribution in [3.63, 3.8) is 0 Å². The molecule has 254 valence electrons. The summed E-state index contributed by atoms with van der Waals surface area (Å²) in [6, 6.07) is 52.6. The predicted molar refractivity (Wildman–Crippen MR) is 213 cm³/mol. The number of hydrogen-bond acceptors (Lipinski definition) is 3. The molecule has 0 amide bonds. The lowest BCUT2D eigenvalue weighted by molar-refractivity contribution is 0.225. The van der Waals surface area contributed by atoms with Crippen LogP contribution in [0.25, 0.3) is 11.1 Å². The average Bonchev–Trinajstić information content (AvgIpc) is 3.48. The van der Waals surface area contributed by atoms with Crippen LogP contribution in [0, 0.1) is 29.6 Å². The molecule has 0 aliphatic heterocycles. The van der Waals surface area contributed by atoms with E-state index in [1.165, 1.54) is 33.4 Å². The minimum atomic E-state index is -0.572. The Bertz CT molecular complexity index is 2420. The van der Waals surface area contributed by atoms with Gasteiger partial charge in [0.25, 0.3) is 0 Å². The van der Waals surface area contributed by atoms with E-state index in [2.05, 4.69) is 193 Å². The van der Waals surface area contributed by atoms with Crippen LogP contribution in [-0.2, 0) is 21.7 Å².